The largest absolute Gasteiger partial charge is 0.472 e. The third-order valence-corrected chi connectivity index (χ3v) is 9.67. The number of esters is 1. The van der Waals surface area contributed by atoms with Gasteiger partial charge in [-0.25, -0.2) is 4.57 Å². The molecule has 48 heavy (non-hydrogen) atoms. The lowest BCUT2D eigenvalue weighted by molar-refractivity contribution is -0.154. The topological polar surface area (TPSA) is 117 Å². The van der Waals surface area contributed by atoms with Crippen LogP contribution < -0.4 is 5.73 Å². The second-order valence-electron chi connectivity index (χ2n) is 13.5. The van der Waals surface area contributed by atoms with Crippen molar-refractivity contribution in [3.63, 3.8) is 0 Å². The van der Waals surface area contributed by atoms with Crippen molar-refractivity contribution in [2.45, 2.75) is 200 Å². The molecule has 0 radical (unpaired) electrons. The molecule has 3 N–H and O–H groups in total. The molecule has 286 valence electrons. The van der Waals surface area contributed by atoms with Gasteiger partial charge in [0.05, 0.1) is 19.8 Å². The quantitative estimate of drug-likeness (QED) is 0.0281. The van der Waals surface area contributed by atoms with E-state index < -0.39 is 13.9 Å². The number of allylic oxidation sites excluding steroid dienone is 2. The van der Waals surface area contributed by atoms with Gasteiger partial charge >= 0.3 is 13.8 Å². The van der Waals surface area contributed by atoms with Gasteiger partial charge < -0.3 is 20.1 Å². The fourth-order valence-electron chi connectivity index (χ4n) is 5.70. The Balaban J connectivity index is 3.93. The first-order chi connectivity index (χ1) is 23.4. The van der Waals surface area contributed by atoms with Crippen LogP contribution in [-0.2, 0) is 27.9 Å². The highest BCUT2D eigenvalue weighted by Crippen LogP contribution is 2.43. The van der Waals surface area contributed by atoms with Gasteiger partial charge in [-0.2, -0.15) is 0 Å². The molecule has 2 atom stereocenters. The van der Waals surface area contributed by atoms with E-state index in [0.29, 0.717) is 13.0 Å². The Bertz CT molecular complexity index is 752. The van der Waals surface area contributed by atoms with Crippen LogP contribution in [-0.4, -0.2) is 49.9 Å². The zero-order valence-corrected chi connectivity index (χ0v) is 32.4. The van der Waals surface area contributed by atoms with Crippen LogP contribution in [0.3, 0.4) is 0 Å². The highest BCUT2D eigenvalue weighted by molar-refractivity contribution is 7.47. The number of hydrogen-bond acceptors (Lipinski definition) is 7. The lowest BCUT2D eigenvalue weighted by Gasteiger charge is -2.20. The monoisotopic (exact) mass is 704 g/mol. The number of phosphoric ester groups is 1. The SMILES string of the molecule is CCCCCCCC/C=C\CCCCCCCCCCCCOCC(COP(=O)(O)OCCN)OC(=O)CCCCCCCCCCC. The molecule has 0 aliphatic carbocycles. The molecule has 9 heteroatoms. The molecule has 0 rings (SSSR count). The van der Waals surface area contributed by atoms with Crippen molar-refractivity contribution >= 4 is 13.8 Å². The maximum absolute atomic E-state index is 12.5. The summed E-state index contributed by atoms with van der Waals surface area (Å²) in [6.07, 6.45) is 38.0. The van der Waals surface area contributed by atoms with Crippen LogP contribution >= 0.6 is 7.82 Å². The van der Waals surface area contributed by atoms with Gasteiger partial charge in [0, 0.05) is 19.6 Å². The number of nitrogens with two attached hydrogens (primary N) is 1. The summed E-state index contributed by atoms with van der Waals surface area (Å²) in [6.45, 7) is 4.92. The number of unbranched alkanes of at least 4 members (excludes halogenated alkanes) is 24. The molecule has 0 aromatic carbocycles. The van der Waals surface area contributed by atoms with Crippen molar-refractivity contribution in [1.82, 2.24) is 0 Å². The summed E-state index contributed by atoms with van der Waals surface area (Å²) in [4.78, 5) is 22.3. The van der Waals surface area contributed by atoms with E-state index in [9.17, 15) is 14.3 Å². The predicted octanol–water partition coefficient (Wildman–Crippen LogP) is 11.5. The molecule has 8 nitrogen and oxygen atoms in total. The summed E-state index contributed by atoms with van der Waals surface area (Å²) >= 11 is 0. The number of ether oxygens (including phenoxy) is 2. The first kappa shape index (κ1) is 47.2. The van der Waals surface area contributed by atoms with Gasteiger partial charge in [0.2, 0.25) is 0 Å². The van der Waals surface area contributed by atoms with Crippen molar-refractivity contribution in [2.24, 2.45) is 5.73 Å². The molecular weight excluding hydrogens is 625 g/mol. The average molecular weight is 704 g/mol. The summed E-state index contributed by atoms with van der Waals surface area (Å²) in [5.74, 6) is -0.332. The Morgan fingerprint density at radius 2 is 1.04 bits per heavy atom. The van der Waals surface area contributed by atoms with Gasteiger partial charge in [-0.15, -0.1) is 0 Å². The molecule has 0 spiro atoms. The number of carbonyl (C=O) groups is 1. The molecule has 0 amide bonds. The summed E-state index contributed by atoms with van der Waals surface area (Å²) in [5, 5.41) is 0. The molecule has 2 unspecified atom stereocenters. The van der Waals surface area contributed by atoms with E-state index in [1.807, 2.05) is 0 Å². The van der Waals surface area contributed by atoms with E-state index >= 15 is 0 Å². The molecule has 0 heterocycles. The van der Waals surface area contributed by atoms with Gasteiger partial charge in [-0.05, 0) is 38.5 Å². The molecule has 0 aromatic rings. The maximum Gasteiger partial charge on any atom is 0.472 e. The molecule has 0 aliphatic heterocycles. The lowest BCUT2D eigenvalue weighted by Crippen LogP contribution is -2.28. The van der Waals surface area contributed by atoms with Crippen LogP contribution in [0.2, 0.25) is 0 Å². The van der Waals surface area contributed by atoms with Gasteiger partial charge in [0.25, 0.3) is 0 Å². The Morgan fingerprint density at radius 3 is 1.52 bits per heavy atom. The maximum atomic E-state index is 12.5. The van der Waals surface area contributed by atoms with Crippen molar-refractivity contribution < 1.29 is 32.8 Å². The zero-order valence-electron chi connectivity index (χ0n) is 31.5. The zero-order chi connectivity index (χ0) is 35.2. The van der Waals surface area contributed by atoms with Crippen LogP contribution in [0.1, 0.15) is 194 Å². The Hall–Kier alpha value is -0.760. The van der Waals surface area contributed by atoms with Crippen molar-refractivity contribution in [2.75, 3.05) is 33.0 Å². The minimum atomic E-state index is -4.26. The van der Waals surface area contributed by atoms with Crippen LogP contribution in [0, 0.1) is 0 Å². The fraction of sp³-hybridized carbons (Fsp3) is 0.923. The van der Waals surface area contributed by atoms with Gasteiger partial charge in [0.15, 0.2) is 0 Å². The smallest absolute Gasteiger partial charge is 0.457 e. The molecule has 0 saturated carbocycles. The molecule has 0 aliphatic rings. The predicted molar refractivity (Wildman–Crippen MR) is 201 cm³/mol. The highest BCUT2D eigenvalue weighted by Gasteiger charge is 2.25. The van der Waals surface area contributed by atoms with E-state index in [4.69, 9.17) is 24.3 Å². The van der Waals surface area contributed by atoms with Crippen LogP contribution in [0.5, 0.6) is 0 Å². The first-order valence-electron chi connectivity index (χ1n) is 20.2. The first-order valence-corrected chi connectivity index (χ1v) is 21.7. The summed E-state index contributed by atoms with van der Waals surface area (Å²) in [5.41, 5.74) is 5.35. The average Bonchev–Trinajstić information content (AvgIpc) is 3.07. The van der Waals surface area contributed by atoms with E-state index in [0.717, 1.165) is 32.1 Å². The van der Waals surface area contributed by atoms with Gasteiger partial charge in [0.1, 0.15) is 6.10 Å². The third kappa shape index (κ3) is 36.5. The summed E-state index contributed by atoms with van der Waals surface area (Å²) in [6, 6.07) is 0. The molecule has 0 bridgehead atoms. The number of carbonyl (C=O) groups excluding carboxylic acids is 1. The molecule has 0 aromatic heterocycles. The summed E-state index contributed by atoms with van der Waals surface area (Å²) < 4.78 is 33.3. The van der Waals surface area contributed by atoms with Crippen molar-refractivity contribution in [3.05, 3.63) is 12.2 Å². The molecule has 0 saturated heterocycles. The number of hydrogen-bond donors (Lipinski definition) is 2. The van der Waals surface area contributed by atoms with Crippen molar-refractivity contribution in [1.29, 1.82) is 0 Å². The molecular formula is C39H78NO7P. The molecule has 0 fully saturated rings. The number of rotatable bonds is 39. The van der Waals surface area contributed by atoms with Crippen LogP contribution in [0.15, 0.2) is 12.2 Å². The lowest BCUT2D eigenvalue weighted by atomic mass is 10.1. The van der Waals surface area contributed by atoms with E-state index in [1.54, 1.807) is 0 Å². The second-order valence-corrected chi connectivity index (χ2v) is 15.0. The van der Waals surface area contributed by atoms with Crippen LogP contribution in [0.4, 0.5) is 0 Å². The minimum absolute atomic E-state index is 0.0927. The Morgan fingerprint density at radius 1 is 0.604 bits per heavy atom. The van der Waals surface area contributed by atoms with Gasteiger partial charge in [-0.3, -0.25) is 13.8 Å². The fourth-order valence-corrected chi connectivity index (χ4v) is 6.46. The highest BCUT2D eigenvalue weighted by atomic mass is 31.2. The second kappa shape index (κ2) is 37.5. The number of phosphoric acid groups is 1. The standard InChI is InChI=1S/C39H78NO7P/c1-3-5-7-9-11-13-14-15-16-17-18-19-20-21-22-23-25-27-29-31-34-44-36-38(37-46-48(42,43)45-35-33-40)47-39(41)32-30-28-26-24-12-10-8-6-4-2/h15-16,38H,3-14,17-37,40H2,1-2H3,(H,42,43)/b16-15-. The summed E-state index contributed by atoms with van der Waals surface area (Å²) in [7, 11) is -4.26. The van der Waals surface area contributed by atoms with Crippen molar-refractivity contribution in [3.8, 4) is 0 Å². The van der Waals surface area contributed by atoms with Crippen LogP contribution in [0.25, 0.3) is 0 Å². The van der Waals surface area contributed by atoms with E-state index in [2.05, 4.69) is 26.0 Å². The third-order valence-electron chi connectivity index (χ3n) is 8.68. The normalized spacial score (nSPS) is 13.7. The minimum Gasteiger partial charge on any atom is -0.457 e. The van der Waals surface area contributed by atoms with Gasteiger partial charge in [-0.1, -0.05) is 161 Å². The Kier molecular flexibility index (Phi) is 36.9. The Labute approximate surface area is 296 Å². The van der Waals surface area contributed by atoms with E-state index in [-0.39, 0.29) is 32.3 Å². The van der Waals surface area contributed by atoms with E-state index in [1.165, 1.54) is 141 Å².